The van der Waals surface area contributed by atoms with Gasteiger partial charge in [-0.1, -0.05) is 6.07 Å². The van der Waals surface area contributed by atoms with Gasteiger partial charge in [-0.05, 0) is 59.3 Å². The molecule has 0 fully saturated rings. The average Bonchev–Trinajstić information content (AvgIpc) is 2.87. The molecule has 0 radical (unpaired) electrons. The second-order valence-electron chi connectivity index (χ2n) is 4.07. The zero-order valence-electron chi connectivity index (χ0n) is 10.7. The van der Waals surface area contributed by atoms with Crippen molar-refractivity contribution < 1.29 is 9.53 Å². The van der Waals surface area contributed by atoms with Gasteiger partial charge >= 0.3 is 0 Å². The maximum Gasteiger partial charge on any atom is 0.251 e. The summed E-state index contributed by atoms with van der Waals surface area (Å²) in [6.07, 6.45) is 0. The Morgan fingerprint density at radius 1 is 1.37 bits per heavy atom. The molecule has 0 saturated heterocycles. The monoisotopic (exact) mass is 387 g/mol. The van der Waals surface area contributed by atoms with E-state index in [1.807, 2.05) is 37.3 Å². The summed E-state index contributed by atoms with van der Waals surface area (Å²) >= 11 is 3.77. The van der Waals surface area contributed by atoms with E-state index in [1.165, 1.54) is 16.9 Å². The highest BCUT2D eigenvalue weighted by atomic mass is 127. The van der Waals surface area contributed by atoms with E-state index in [0.717, 1.165) is 13.5 Å². The van der Waals surface area contributed by atoms with Crippen molar-refractivity contribution >= 4 is 39.8 Å². The van der Waals surface area contributed by atoms with E-state index >= 15 is 0 Å². The van der Waals surface area contributed by atoms with Gasteiger partial charge in [0.25, 0.3) is 5.91 Å². The first kappa shape index (κ1) is 14.3. The highest BCUT2D eigenvalue weighted by molar-refractivity contribution is 14.1. The molecule has 0 aliphatic rings. The van der Waals surface area contributed by atoms with Gasteiger partial charge in [0.05, 0.1) is 13.7 Å². The van der Waals surface area contributed by atoms with Crippen molar-refractivity contribution in [1.82, 2.24) is 5.32 Å². The number of methoxy groups -OCH3 is 1. The van der Waals surface area contributed by atoms with Crippen molar-refractivity contribution in [3.05, 3.63) is 49.9 Å². The highest BCUT2D eigenvalue weighted by Gasteiger charge is 2.08. The molecule has 1 aromatic heterocycles. The van der Waals surface area contributed by atoms with Gasteiger partial charge < -0.3 is 10.1 Å². The molecule has 1 N–H and O–H groups in total. The molecule has 1 aromatic carbocycles. The maximum absolute atomic E-state index is 12.0. The molecular formula is C14H14INO2S. The fourth-order valence-corrected chi connectivity index (χ4v) is 2.84. The lowest BCUT2D eigenvalue weighted by atomic mass is 10.1. The summed E-state index contributed by atoms with van der Waals surface area (Å²) in [6.45, 7) is 2.55. The Morgan fingerprint density at radius 2 is 2.16 bits per heavy atom. The van der Waals surface area contributed by atoms with Crippen LogP contribution >= 0.6 is 33.9 Å². The van der Waals surface area contributed by atoms with E-state index in [1.54, 1.807) is 7.11 Å². The number of nitrogens with one attached hydrogen (secondary N) is 1. The molecule has 5 heteroatoms. The number of amides is 1. The first-order chi connectivity index (χ1) is 9.10. The molecule has 0 atom stereocenters. The number of hydrogen-bond acceptors (Lipinski definition) is 3. The predicted octanol–water partition coefficient (Wildman–Crippen LogP) is 3.60. The Morgan fingerprint density at radius 3 is 2.79 bits per heavy atom. The lowest BCUT2D eigenvalue weighted by Gasteiger charge is -2.05. The quantitative estimate of drug-likeness (QED) is 0.815. The molecule has 100 valence electrons. The zero-order chi connectivity index (χ0) is 13.8. The largest absolute Gasteiger partial charge is 0.487 e. The number of carbonyl (C=O) groups is 1. The summed E-state index contributed by atoms with van der Waals surface area (Å²) < 4.78 is 6.22. The third kappa shape index (κ3) is 3.70. The first-order valence-corrected chi connectivity index (χ1v) is 7.66. The molecule has 1 amide bonds. The fourth-order valence-electron chi connectivity index (χ4n) is 1.57. The lowest BCUT2D eigenvalue weighted by Crippen LogP contribution is -2.22. The molecule has 0 aliphatic heterocycles. The van der Waals surface area contributed by atoms with Crippen LogP contribution in [0.5, 0.6) is 5.06 Å². The second kappa shape index (κ2) is 6.38. The summed E-state index contributed by atoms with van der Waals surface area (Å²) in [4.78, 5) is 13.1. The second-order valence-corrected chi connectivity index (χ2v) is 6.36. The molecule has 2 rings (SSSR count). The topological polar surface area (TPSA) is 38.3 Å². The van der Waals surface area contributed by atoms with Gasteiger partial charge in [-0.2, -0.15) is 0 Å². The van der Waals surface area contributed by atoms with Gasteiger partial charge in [-0.15, -0.1) is 11.3 Å². The van der Waals surface area contributed by atoms with Crippen LogP contribution in [0.2, 0.25) is 0 Å². The number of halogens is 1. The number of hydrogen-bond donors (Lipinski definition) is 1. The Kier molecular flexibility index (Phi) is 4.81. The lowest BCUT2D eigenvalue weighted by molar-refractivity contribution is 0.0951. The fraction of sp³-hybridized carbons (Fsp3) is 0.214. The van der Waals surface area contributed by atoms with Crippen LogP contribution in [0.4, 0.5) is 0 Å². The van der Waals surface area contributed by atoms with Crippen LogP contribution in [-0.4, -0.2) is 13.0 Å². The molecule has 19 heavy (non-hydrogen) atoms. The van der Waals surface area contributed by atoms with E-state index in [2.05, 4.69) is 27.9 Å². The van der Waals surface area contributed by atoms with Crippen molar-refractivity contribution in [3.8, 4) is 5.06 Å². The summed E-state index contributed by atoms with van der Waals surface area (Å²) in [5, 5.41) is 3.77. The number of thiophene rings is 1. The van der Waals surface area contributed by atoms with Crippen LogP contribution in [0, 0.1) is 10.5 Å². The number of benzene rings is 1. The summed E-state index contributed by atoms with van der Waals surface area (Å²) in [7, 11) is 1.64. The van der Waals surface area contributed by atoms with Gasteiger partial charge in [0.15, 0.2) is 5.06 Å². The van der Waals surface area contributed by atoms with E-state index in [9.17, 15) is 4.79 Å². The Hall–Kier alpha value is -1.08. The van der Waals surface area contributed by atoms with Gasteiger partial charge in [0, 0.05) is 14.0 Å². The summed E-state index contributed by atoms with van der Waals surface area (Å²) in [6, 6.07) is 9.58. The van der Waals surface area contributed by atoms with Crippen LogP contribution in [-0.2, 0) is 6.54 Å². The van der Waals surface area contributed by atoms with E-state index in [4.69, 9.17) is 4.74 Å². The number of aryl methyl sites for hydroxylation is 1. The van der Waals surface area contributed by atoms with Crippen molar-refractivity contribution in [2.75, 3.05) is 7.11 Å². The van der Waals surface area contributed by atoms with Gasteiger partial charge in [0.1, 0.15) is 0 Å². The van der Waals surface area contributed by atoms with Crippen LogP contribution in [0.3, 0.4) is 0 Å². The van der Waals surface area contributed by atoms with Gasteiger partial charge in [0.2, 0.25) is 0 Å². The van der Waals surface area contributed by atoms with E-state index < -0.39 is 0 Å². The van der Waals surface area contributed by atoms with Crippen LogP contribution in [0.25, 0.3) is 0 Å². The van der Waals surface area contributed by atoms with Crippen molar-refractivity contribution in [2.24, 2.45) is 0 Å². The van der Waals surface area contributed by atoms with Crippen LogP contribution < -0.4 is 10.1 Å². The Labute approximate surface area is 130 Å². The SMILES string of the molecule is COc1ccc(CNC(=O)c2ccc(C)c(I)c2)s1. The van der Waals surface area contributed by atoms with Crippen molar-refractivity contribution in [3.63, 3.8) is 0 Å². The predicted molar refractivity (Wildman–Crippen MR) is 85.9 cm³/mol. The molecule has 2 aromatic rings. The molecule has 0 unspecified atom stereocenters. The van der Waals surface area contributed by atoms with E-state index in [-0.39, 0.29) is 5.91 Å². The molecule has 1 heterocycles. The number of carbonyl (C=O) groups excluding carboxylic acids is 1. The molecule has 0 saturated carbocycles. The molecule has 0 aliphatic carbocycles. The minimum absolute atomic E-state index is 0.0507. The van der Waals surface area contributed by atoms with Crippen molar-refractivity contribution in [1.29, 1.82) is 0 Å². The molecule has 0 spiro atoms. The Balaban J connectivity index is 1.99. The number of ether oxygens (including phenoxy) is 1. The average molecular weight is 387 g/mol. The third-order valence-electron chi connectivity index (χ3n) is 2.70. The van der Waals surface area contributed by atoms with Crippen LogP contribution in [0.15, 0.2) is 30.3 Å². The molecular weight excluding hydrogens is 373 g/mol. The molecule has 0 bridgehead atoms. The van der Waals surface area contributed by atoms with Crippen LogP contribution in [0.1, 0.15) is 20.8 Å². The summed E-state index contributed by atoms with van der Waals surface area (Å²) in [5.74, 6) is -0.0507. The first-order valence-electron chi connectivity index (χ1n) is 5.77. The minimum Gasteiger partial charge on any atom is -0.487 e. The van der Waals surface area contributed by atoms with E-state index in [0.29, 0.717) is 12.1 Å². The van der Waals surface area contributed by atoms with Gasteiger partial charge in [-0.25, -0.2) is 0 Å². The van der Waals surface area contributed by atoms with Gasteiger partial charge in [-0.3, -0.25) is 4.79 Å². The van der Waals surface area contributed by atoms with Crippen molar-refractivity contribution in [2.45, 2.75) is 13.5 Å². The Bertz CT molecular complexity index is 595. The molecule has 3 nitrogen and oxygen atoms in total. The summed E-state index contributed by atoms with van der Waals surface area (Å²) in [5.41, 5.74) is 1.87. The third-order valence-corrected chi connectivity index (χ3v) is 4.90. The zero-order valence-corrected chi connectivity index (χ0v) is 13.7. The normalized spacial score (nSPS) is 10.3. The maximum atomic E-state index is 12.0. The minimum atomic E-state index is -0.0507. The number of rotatable bonds is 4. The highest BCUT2D eigenvalue weighted by Crippen LogP contribution is 2.23. The standard InChI is InChI=1S/C14H14INO2S/c1-9-3-4-10(7-12(9)15)14(17)16-8-11-5-6-13(18-2)19-11/h3-7H,8H2,1-2H3,(H,16,17). The smallest absolute Gasteiger partial charge is 0.251 e.